The minimum Gasteiger partial charge on any atom is -0.475 e. The first-order valence-electron chi connectivity index (χ1n) is 5.47. The van der Waals surface area contributed by atoms with E-state index >= 15 is 0 Å². The number of aromatic nitrogens is 1. The van der Waals surface area contributed by atoms with Crippen LogP contribution >= 0.6 is 11.3 Å². The first-order chi connectivity index (χ1) is 8.15. The fourth-order valence-electron chi connectivity index (χ4n) is 1.55. The lowest BCUT2D eigenvalue weighted by molar-refractivity contribution is 0.0662. The van der Waals surface area contributed by atoms with Crippen LogP contribution in [0.5, 0.6) is 0 Å². The number of carboxylic acids is 1. The second kappa shape index (κ2) is 4.71. The third kappa shape index (κ3) is 2.24. The van der Waals surface area contributed by atoms with Crippen molar-refractivity contribution in [3.63, 3.8) is 0 Å². The molecule has 2 aromatic rings. The summed E-state index contributed by atoms with van der Waals surface area (Å²) in [7, 11) is 0. The third-order valence-electron chi connectivity index (χ3n) is 2.45. The summed E-state index contributed by atoms with van der Waals surface area (Å²) in [6, 6.07) is 3.93. The number of carbonyl (C=O) groups is 1. The van der Waals surface area contributed by atoms with Gasteiger partial charge in [0.25, 0.3) is 0 Å². The number of rotatable bonds is 4. The van der Waals surface area contributed by atoms with Gasteiger partial charge in [-0.25, -0.2) is 9.78 Å². The van der Waals surface area contributed by atoms with E-state index in [9.17, 15) is 4.79 Å². The van der Waals surface area contributed by atoms with Crippen LogP contribution in [0.3, 0.4) is 0 Å². The molecule has 17 heavy (non-hydrogen) atoms. The molecule has 5 heteroatoms. The second-order valence-electron chi connectivity index (χ2n) is 3.57. The highest BCUT2D eigenvalue weighted by Gasteiger charge is 2.19. The fourth-order valence-corrected chi connectivity index (χ4v) is 2.42. The van der Waals surface area contributed by atoms with E-state index in [1.807, 2.05) is 19.1 Å². The van der Waals surface area contributed by atoms with Crippen LogP contribution in [0.2, 0.25) is 0 Å². The highest BCUT2D eigenvalue weighted by molar-refractivity contribution is 7.15. The average molecular weight is 251 g/mol. The van der Waals surface area contributed by atoms with E-state index in [2.05, 4.69) is 11.9 Å². The van der Waals surface area contributed by atoms with E-state index in [1.54, 1.807) is 11.3 Å². The maximum absolute atomic E-state index is 11.0. The number of nitrogens with zero attached hydrogens (tertiary/aromatic N) is 1. The van der Waals surface area contributed by atoms with Crippen molar-refractivity contribution < 1.29 is 14.3 Å². The smallest absolute Gasteiger partial charge is 0.373 e. The Kier molecular flexibility index (Phi) is 3.28. The zero-order valence-electron chi connectivity index (χ0n) is 9.69. The van der Waals surface area contributed by atoms with E-state index < -0.39 is 5.97 Å². The van der Waals surface area contributed by atoms with Crippen molar-refractivity contribution in [2.45, 2.75) is 26.7 Å². The molecule has 0 aliphatic rings. The molecule has 2 rings (SSSR count). The normalized spacial score (nSPS) is 10.7. The van der Waals surface area contributed by atoms with E-state index in [4.69, 9.17) is 9.52 Å². The molecule has 2 heterocycles. The number of thiophene rings is 1. The van der Waals surface area contributed by atoms with Gasteiger partial charge in [0.1, 0.15) is 0 Å². The number of hydrogen-bond donors (Lipinski definition) is 1. The van der Waals surface area contributed by atoms with Gasteiger partial charge in [0.2, 0.25) is 11.7 Å². The standard InChI is InChI=1S/C12H13NO3S/c1-3-7-5-6-9(17-7)11-13-8(4-2)10(16-11)12(14)15/h5-6H,3-4H2,1-2H3,(H,14,15). The van der Waals surface area contributed by atoms with Crippen molar-refractivity contribution in [2.24, 2.45) is 0 Å². The number of aryl methyl sites for hydroxylation is 2. The Morgan fingerprint density at radius 3 is 2.65 bits per heavy atom. The highest BCUT2D eigenvalue weighted by atomic mass is 32.1. The van der Waals surface area contributed by atoms with Gasteiger partial charge in [0.15, 0.2) is 0 Å². The van der Waals surface area contributed by atoms with E-state index in [0.29, 0.717) is 18.0 Å². The lowest BCUT2D eigenvalue weighted by atomic mass is 10.3. The minimum atomic E-state index is -1.06. The SMILES string of the molecule is CCc1ccc(-c2nc(CC)c(C(=O)O)o2)s1. The van der Waals surface area contributed by atoms with Gasteiger partial charge in [-0.05, 0) is 25.0 Å². The molecule has 90 valence electrons. The van der Waals surface area contributed by atoms with Gasteiger partial charge >= 0.3 is 5.97 Å². The first kappa shape index (κ1) is 11.9. The van der Waals surface area contributed by atoms with Crippen molar-refractivity contribution in [1.29, 1.82) is 0 Å². The minimum absolute atomic E-state index is 0.0473. The van der Waals surface area contributed by atoms with Crippen LogP contribution in [-0.4, -0.2) is 16.1 Å². The van der Waals surface area contributed by atoms with Crippen molar-refractivity contribution in [1.82, 2.24) is 4.98 Å². The summed E-state index contributed by atoms with van der Waals surface area (Å²) in [6.45, 7) is 3.94. The summed E-state index contributed by atoms with van der Waals surface area (Å²) in [4.78, 5) is 17.3. The molecule has 4 nitrogen and oxygen atoms in total. The van der Waals surface area contributed by atoms with Gasteiger partial charge in [-0.1, -0.05) is 13.8 Å². The molecule has 0 saturated heterocycles. The topological polar surface area (TPSA) is 63.3 Å². The molecule has 0 saturated carbocycles. The molecular formula is C12H13NO3S. The summed E-state index contributed by atoms with van der Waals surface area (Å²) >= 11 is 1.58. The third-order valence-corrected chi connectivity index (χ3v) is 3.66. The summed E-state index contributed by atoms with van der Waals surface area (Å²) in [5.41, 5.74) is 0.499. The molecule has 0 fully saturated rings. The van der Waals surface area contributed by atoms with Gasteiger partial charge in [0, 0.05) is 4.88 Å². The largest absolute Gasteiger partial charge is 0.475 e. The molecule has 0 aliphatic carbocycles. The average Bonchev–Trinajstić information content (AvgIpc) is 2.94. The molecule has 0 amide bonds. The molecule has 0 aliphatic heterocycles. The van der Waals surface area contributed by atoms with Crippen molar-refractivity contribution in [3.8, 4) is 10.8 Å². The van der Waals surface area contributed by atoms with Gasteiger partial charge in [0.05, 0.1) is 10.6 Å². The van der Waals surface area contributed by atoms with Gasteiger partial charge in [-0.15, -0.1) is 11.3 Å². The molecule has 1 N–H and O–H groups in total. The molecular weight excluding hydrogens is 238 g/mol. The van der Waals surface area contributed by atoms with E-state index in [1.165, 1.54) is 4.88 Å². The second-order valence-corrected chi connectivity index (χ2v) is 4.74. The van der Waals surface area contributed by atoms with E-state index in [0.717, 1.165) is 11.3 Å². The van der Waals surface area contributed by atoms with Crippen LogP contribution in [0, 0.1) is 0 Å². The maximum atomic E-state index is 11.0. The Balaban J connectivity index is 2.42. The highest BCUT2D eigenvalue weighted by Crippen LogP contribution is 2.29. The summed E-state index contributed by atoms with van der Waals surface area (Å²) in [5, 5.41) is 8.98. The Hall–Kier alpha value is -1.62. The monoisotopic (exact) mass is 251 g/mol. The Labute approximate surface area is 103 Å². The van der Waals surface area contributed by atoms with Crippen molar-refractivity contribution in [2.75, 3.05) is 0 Å². The van der Waals surface area contributed by atoms with Crippen molar-refractivity contribution in [3.05, 3.63) is 28.5 Å². The van der Waals surface area contributed by atoms with E-state index in [-0.39, 0.29) is 5.76 Å². The Morgan fingerprint density at radius 1 is 1.41 bits per heavy atom. The van der Waals surface area contributed by atoms with Crippen LogP contribution in [0.4, 0.5) is 0 Å². The van der Waals surface area contributed by atoms with Crippen LogP contribution < -0.4 is 0 Å². The molecule has 0 unspecified atom stereocenters. The lowest BCUT2D eigenvalue weighted by Crippen LogP contribution is -1.98. The molecule has 0 spiro atoms. The van der Waals surface area contributed by atoms with Gasteiger partial charge < -0.3 is 9.52 Å². The number of oxazole rings is 1. The number of hydrogen-bond acceptors (Lipinski definition) is 4. The number of aromatic carboxylic acids is 1. The predicted octanol–water partition coefficient (Wildman–Crippen LogP) is 3.23. The first-order valence-corrected chi connectivity index (χ1v) is 6.29. The molecule has 0 aromatic carbocycles. The zero-order chi connectivity index (χ0) is 12.4. The molecule has 2 aromatic heterocycles. The van der Waals surface area contributed by atoms with Crippen LogP contribution in [0.1, 0.15) is 35.0 Å². The van der Waals surface area contributed by atoms with Crippen LogP contribution in [0.25, 0.3) is 10.8 Å². The quantitative estimate of drug-likeness (QED) is 0.906. The zero-order valence-corrected chi connectivity index (χ0v) is 10.5. The van der Waals surface area contributed by atoms with Crippen molar-refractivity contribution >= 4 is 17.3 Å². The molecule has 0 atom stereocenters. The maximum Gasteiger partial charge on any atom is 0.373 e. The molecule has 0 bridgehead atoms. The van der Waals surface area contributed by atoms with Crippen LogP contribution in [-0.2, 0) is 12.8 Å². The number of carboxylic acid groups (broad SMARTS) is 1. The molecule has 0 radical (unpaired) electrons. The van der Waals surface area contributed by atoms with Crippen LogP contribution in [0.15, 0.2) is 16.5 Å². The Morgan fingerprint density at radius 2 is 2.18 bits per heavy atom. The Bertz CT molecular complexity index is 542. The van der Waals surface area contributed by atoms with Gasteiger partial charge in [-0.2, -0.15) is 0 Å². The van der Waals surface area contributed by atoms with Gasteiger partial charge in [-0.3, -0.25) is 0 Å². The summed E-state index contributed by atoms with van der Waals surface area (Å²) < 4.78 is 5.31. The predicted molar refractivity (Wildman–Crippen MR) is 65.5 cm³/mol. The summed E-state index contributed by atoms with van der Waals surface area (Å²) in [6.07, 6.45) is 1.51. The lowest BCUT2D eigenvalue weighted by Gasteiger charge is -1.88. The fraction of sp³-hybridized carbons (Fsp3) is 0.333. The summed E-state index contributed by atoms with van der Waals surface area (Å²) in [5.74, 6) is -0.703.